The molecule has 49 heavy (non-hydrogen) atoms. The van der Waals surface area contributed by atoms with Crippen molar-refractivity contribution in [1.29, 1.82) is 0 Å². The van der Waals surface area contributed by atoms with Crippen LogP contribution >= 0.6 is 0 Å². The monoisotopic (exact) mass is 712 g/mol. The van der Waals surface area contributed by atoms with Crippen molar-refractivity contribution in [3.63, 3.8) is 0 Å². The van der Waals surface area contributed by atoms with Crippen LogP contribution in [0.3, 0.4) is 0 Å². The Kier molecular flexibility index (Phi) is 12.1. The van der Waals surface area contributed by atoms with E-state index in [1.807, 2.05) is 0 Å². The lowest BCUT2D eigenvalue weighted by molar-refractivity contribution is -0.220. The summed E-state index contributed by atoms with van der Waals surface area (Å²) in [5.74, 6) is -0.756. The topological polar surface area (TPSA) is 54.0 Å². The van der Waals surface area contributed by atoms with Crippen LogP contribution in [0, 0.1) is 11.3 Å². The fourth-order valence-corrected chi connectivity index (χ4v) is 11.1. The summed E-state index contributed by atoms with van der Waals surface area (Å²) in [6.45, 7) is 34.3. The highest BCUT2D eigenvalue weighted by atomic mass is 28.4. The lowest BCUT2D eigenvalue weighted by Crippen LogP contribution is -2.56. The maximum Gasteiger partial charge on any atom is 0.332 e. The molecule has 4 atom stereocenters. The Morgan fingerprint density at radius 1 is 0.959 bits per heavy atom. The van der Waals surface area contributed by atoms with Crippen molar-refractivity contribution in [2.45, 2.75) is 193 Å². The Labute approximate surface area is 303 Å². The molecule has 0 bridgehead atoms. The van der Waals surface area contributed by atoms with Crippen LogP contribution in [0.15, 0.2) is 47.1 Å². The van der Waals surface area contributed by atoms with Crippen LogP contribution in [-0.2, 0) is 23.1 Å². The molecule has 0 aromatic rings. The van der Waals surface area contributed by atoms with Gasteiger partial charge < -0.3 is 18.3 Å². The molecule has 278 valence electrons. The molecule has 0 spiro atoms. The van der Waals surface area contributed by atoms with E-state index < -0.39 is 22.4 Å². The van der Waals surface area contributed by atoms with Gasteiger partial charge in [-0.3, -0.25) is 0 Å². The van der Waals surface area contributed by atoms with Gasteiger partial charge in [0.25, 0.3) is 0 Å². The summed E-state index contributed by atoms with van der Waals surface area (Å²) in [4.78, 5) is 13.6. The number of esters is 1. The molecule has 3 saturated carbocycles. The van der Waals surface area contributed by atoms with Gasteiger partial charge in [0.2, 0.25) is 0 Å². The van der Waals surface area contributed by atoms with E-state index in [0.29, 0.717) is 18.8 Å². The van der Waals surface area contributed by atoms with Gasteiger partial charge in [-0.2, -0.15) is 0 Å². The molecule has 1 unspecified atom stereocenters. The summed E-state index contributed by atoms with van der Waals surface area (Å²) >= 11 is 0. The fourth-order valence-electron chi connectivity index (χ4n) is 8.41. The van der Waals surface area contributed by atoms with E-state index in [4.69, 9.17) is 24.9 Å². The van der Waals surface area contributed by atoms with Crippen molar-refractivity contribution in [2.24, 2.45) is 11.3 Å². The highest BCUT2D eigenvalue weighted by molar-refractivity contribution is 6.74. The second-order valence-electron chi connectivity index (χ2n) is 19.1. The molecule has 0 radical (unpaired) electrons. The third kappa shape index (κ3) is 8.69. The zero-order valence-electron chi connectivity index (χ0n) is 33.8. The van der Waals surface area contributed by atoms with Crippen LogP contribution < -0.4 is 0 Å². The third-order valence-electron chi connectivity index (χ3n) is 13.8. The summed E-state index contributed by atoms with van der Waals surface area (Å²) in [5.41, 5.74) is 5.22. The molecule has 0 amide bonds. The number of hydrogen-bond acceptors (Lipinski definition) is 5. The van der Waals surface area contributed by atoms with Gasteiger partial charge in [0.15, 0.2) is 22.4 Å². The highest BCUT2D eigenvalue weighted by Gasteiger charge is 2.52. The number of fused-ring (bicyclic) bond motifs is 1. The second kappa shape index (κ2) is 14.6. The highest BCUT2D eigenvalue weighted by Crippen LogP contribution is 2.56. The van der Waals surface area contributed by atoms with Crippen molar-refractivity contribution in [1.82, 2.24) is 0 Å². The normalized spacial score (nSPS) is 31.3. The van der Waals surface area contributed by atoms with Crippen LogP contribution in [-0.4, -0.2) is 46.7 Å². The first-order valence-electron chi connectivity index (χ1n) is 19.5. The molecule has 4 aliphatic rings. The summed E-state index contributed by atoms with van der Waals surface area (Å²) in [7, 11) is -4.57. The van der Waals surface area contributed by atoms with E-state index in [2.05, 4.69) is 107 Å². The van der Waals surface area contributed by atoms with Gasteiger partial charge in [0.05, 0.1) is 6.10 Å². The zero-order chi connectivity index (χ0) is 36.7. The lowest BCUT2D eigenvalue weighted by atomic mass is 9.64. The summed E-state index contributed by atoms with van der Waals surface area (Å²) in [5, 5.41) is -0.0198. The number of ether oxygens (including phenoxy) is 2. The number of carbonyl (C=O) groups is 1. The minimum Gasteiger partial charge on any atom is -0.457 e. The minimum atomic E-state index is -2.37. The minimum absolute atomic E-state index is 0.0267. The Morgan fingerprint density at radius 3 is 2.16 bits per heavy atom. The molecule has 0 aromatic carbocycles. The van der Waals surface area contributed by atoms with Crippen LogP contribution in [0.2, 0.25) is 36.3 Å². The Hall–Kier alpha value is -1.26. The second-order valence-corrected chi connectivity index (χ2v) is 28.6. The molecule has 0 aromatic heterocycles. The average Bonchev–Trinajstić information content (AvgIpc) is 3.60. The summed E-state index contributed by atoms with van der Waals surface area (Å²) in [6, 6.07) is 0. The largest absolute Gasteiger partial charge is 0.457 e. The van der Waals surface area contributed by atoms with Gasteiger partial charge in [-0.05, 0) is 123 Å². The Bertz CT molecular complexity index is 1320. The number of carbonyl (C=O) groups excluding carboxylic acids is 1. The van der Waals surface area contributed by atoms with Crippen LogP contribution in [0.4, 0.5) is 0 Å². The standard InChI is InChI=1S/C42H72O5Si2/c1-15-34-23-24-35-32(20-19-25-40(34,35)10)21-22-33-28-42(47-49(13,14)39(7,8)9,29-36(31(33)3)46-48(11,12)38(4,5)6)44-30-37(43)45-41(16-2)26-17-18-27-41/h21-23,35-36H,3,15-20,24-30H2,1-2,4-14H3/t35-,36?,40+,42-/m0/s1. The predicted molar refractivity (Wildman–Crippen MR) is 210 cm³/mol. The maximum atomic E-state index is 13.6. The molecule has 5 nitrogen and oxygen atoms in total. The molecule has 7 heteroatoms. The van der Waals surface area contributed by atoms with Gasteiger partial charge in [0.1, 0.15) is 12.2 Å². The van der Waals surface area contributed by atoms with E-state index >= 15 is 0 Å². The van der Waals surface area contributed by atoms with Crippen LogP contribution in [0.5, 0.6) is 0 Å². The van der Waals surface area contributed by atoms with E-state index in [1.165, 1.54) is 12.8 Å². The van der Waals surface area contributed by atoms with Gasteiger partial charge in [-0.25, -0.2) is 4.79 Å². The molecule has 0 saturated heterocycles. The molecule has 0 N–H and O–H groups in total. The van der Waals surface area contributed by atoms with Gasteiger partial charge in [0, 0.05) is 12.8 Å². The van der Waals surface area contributed by atoms with E-state index in [1.54, 1.807) is 11.1 Å². The van der Waals surface area contributed by atoms with Crippen molar-refractivity contribution < 1.29 is 23.1 Å². The molecular weight excluding hydrogens is 641 g/mol. The molecule has 4 rings (SSSR count). The number of rotatable bonds is 11. The molecule has 3 fully saturated rings. The van der Waals surface area contributed by atoms with Crippen LogP contribution in [0.25, 0.3) is 0 Å². The first-order valence-corrected chi connectivity index (χ1v) is 25.4. The fraction of sp³-hybridized carbons (Fsp3) is 0.786. The summed E-state index contributed by atoms with van der Waals surface area (Å²) in [6.07, 6.45) is 18.8. The predicted octanol–water partition coefficient (Wildman–Crippen LogP) is 12.1. The first-order chi connectivity index (χ1) is 22.5. The number of hydrogen-bond donors (Lipinski definition) is 0. The van der Waals surface area contributed by atoms with Crippen molar-refractivity contribution in [3.8, 4) is 0 Å². The molecule has 0 heterocycles. The van der Waals surface area contributed by atoms with Gasteiger partial charge in [-0.15, -0.1) is 0 Å². The Morgan fingerprint density at radius 2 is 1.59 bits per heavy atom. The Balaban J connectivity index is 1.75. The number of allylic oxidation sites excluding steroid dienone is 5. The average molecular weight is 713 g/mol. The van der Waals surface area contributed by atoms with E-state index in [-0.39, 0.29) is 39.8 Å². The summed E-state index contributed by atoms with van der Waals surface area (Å²) < 4.78 is 27.6. The van der Waals surface area contributed by atoms with Crippen molar-refractivity contribution in [3.05, 3.63) is 47.1 Å². The van der Waals surface area contributed by atoms with Gasteiger partial charge in [-0.1, -0.05) is 98.3 Å². The third-order valence-corrected chi connectivity index (χ3v) is 22.8. The van der Waals surface area contributed by atoms with Gasteiger partial charge >= 0.3 is 5.97 Å². The van der Waals surface area contributed by atoms with E-state index in [0.717, 1.165) is 62.5 Å². The molecule has 0 aliphatic heterocycles. The quantitative estimate of drug-likeness (QED) is 0.0924. The molecule has 4 aliphatic carbocycles. The lowest BCUT2D eigenvalue weighted by Gasteiger charge is -2.51. The van der Waals surface area contributed by atoms with Crippen molar-refractivity contribution in [2.75, 3.05) is 6.61 Å². The smallest absolute Gasteiger partial charge is 0.332 e. The van der Waals surface area contributed by atoms with E-state index in [9.17, 15) is 4.79 Å². The zero-order valence-corrected chi connectivity index (χ0v) is 35.8. The van der Waals surface area contributed by atoms with Crippen molar-refractivity contribution >= 4 is 22.6 Å². The first kappa shape index (κ1) is 40.5. The SMILES string of the molecule is C=C1C(=CC=C2CCC[C@]3(C)C(CC)=CC[C@@H]23)C[C@](OCC(=O)OC2(CC)CCCC2)(O[Si](C)(C)C(C)(C)C)CC1O[Si](C)(C)C(C)(C)C. The maximum absolute atomic E-state index is 13.6. The molecular formula is C42H72O5Si2. The van der Waals surface area contributed by atoms with Crippen LogP contribution in [0.1, 0.15) is 139 Å².